The third-order valence-corrected chi connectivity index (χ3v) is 5.68. The van der Waals surface area contributed by atoms with Crippen LogP contribution in [-0.2, 0) is 6.42 Å². The average molecular weight is 451 g/mol. The van der Waals surface area contributed by atoms with Crippen molar-refractivity contribution < 1.29 is 22.0 Å². The number of hydrogen-bond acceptors (Lipinski definition) is 1. The van der Waals surface area contributed by atoms with Gasteiger partial charge in [0.15, 0.2) is 0 Å². The van der Waals surface area contributed by atoms with Crippen molar-refractivity contribution in [1.29, 1.82) is 5.26 Å². The fourth-order valence-electron chi connectivity index (χ4n) is 4.02. The van der Waals surface area contributed by atoms with Crippen molar-refractivity contribution in [3.05, 3.63) is 94.8 Å². The van der Waals surface area contributed by atoms with Crippen LogP contribution in [-0.4, -0.2) is 0 Å². The number of hydrogen-bond donors (Lipinski definition) is 0. The first-order valence-corrected chi connectivity index (χ1v) is 10.4. The van der Waals surface area contributed by atoms with Gasteiger partial charge in [0.25, 0.3) is 0 Å². The lowest BCUT2D eigenvalue weighted by molar-refractivity contribution is 0.573. The Balaban J connectivity index is 1.82. The summed E-state index contributed by atoms with van der Waals surface area (Å²) in [7, 11) is 0. The van der Waals surface area contributed by atoms with Gasteiger partial charge in [0, 0.05) is 10.9 Å². The van der Waals surface area contributed by atoms with E-state index in [-0.39, 0.29) is 11.1 Å². The standard InChI is InChI=1S/C27H18F5N/c1-2-3-5-15-6-4-7-20-18(15)8-9-19(27(20)32)16-10-24(30)26(25(31)11-16)17-12-22(28)21(14-33)23(29)13-17/h4,6-13H,2-3,5H2,1H3. The monoisotopic (exact) mass is 451 g/mol. The molecular weight excluding hydrogens is 433 g/mol. The maximum absolute atomic E-state index is 15.4. The molecule has 4 aromatic carbocycles. The number of nitrogens with zero attached hydrogens (tertiary/aromatic N) is 1. The van der Waals surface area contributed by atoms with E-state index in [4.69, 9.17) is 5.26 Å². The van der Waals surface area contributed by atoms with Crippen LogP contribution in [0.2, 0.25) is 0 Å². The zero-order valence-electron chi connectivity index (χ0n) is 17.7. The summed E-state index contributed by atoms with van der Waals surface area (Å²) in [5.74, 6) is -5.27. The molecule has 0 heterocycles. The average Bonchev–Trinajstić information content (AvgIpc) is 2.77. The van der Waals surface area contributed by atoms with Gasteiger partial charge in [-0.1, -0.05) is 43.7 Å². The Kier molecular flexibility index (Phi) is 6.15. The van der Waals surface area contributed by atoms with Crippen LogP contribution in [0.3, 0.4) is 0 Å². The van der Waals surface area contributed by atoms with Gasteiger partial charge in [-0.05, 0) is 59.2 Å². The number of nitriles is 1. The summed E-state index contributed by atoms with van der Waals surface area (Å²) in [5.41, 5.74) is -0.933. The Morgan fingerprint density at radius 3 is 2.00 bits per heavy atom. The topological polar surface area (TPSA) is 23.8 Å². The molecule has 4 rings (SSSR count). The Morgan fingerprint density at radius 2 is 1.39 bits per heavy atom. The Morgan fingerprint density at radius 1 is 0.758 bits per heavy atom. The first-order valence-electron chi connectivity index (χ1n) is 10.4. The van der Waals surface area contributed by atoms with Crippen LogP contribution in [0.25, 0.3) is 33.0 Å². The second-order valence-corrected chi connectivity index (χ2v) is 7.78. The molecule has 0 spiro atoms. The molecule has 1 nitrogen and oxygen atoms in total. The van der Waals surface area contributed by atoms with Crippen LogP contribution in [0.15, 0.2) is 54.6 Å². The van der Waals surface area contributed by atoms with E-state index >= 15 is 4.39 Å². The van der Waals surface area contributed by atoms with Crippen LogP contribution in [0.1, 0.15) is 30.9 Å². The first kappa shape index (κ1) is 22.5. The van der Waals surface area contributed by atoms with Gasteiger partial charge in [-0.25, -0.2) is 22.0 Å². The maximum Gasteiger partial charge on any atom is 0.144 e. The van der Waals surface area contributed by atoms with Crippen LogP contribution >= 0.6 is 0 Å². The van der Waals surface area contributed by atoms with Gasteiger partial charge in [-0.15, -0.1) is 0 Å². The molecule has 166 valence electrons. The summed E-state index contributed by atoms with van der Waals surface area (Å²) in [6, 6.07) is 13.1. The lowest BCUT2D eigenvalue weighted by Gasteiger charge is -2.13. The summed E-state index contributed by atoms with van der Waals surface area (Å²) >= 11 is 0. The van der Waals surface area contributed by atoms with E-state index in [1.807, 2.05) is 6.07 Å². The van der Waals surface area contributed by atoms with Crippen molar-refractivity contribution in [3.8, 4) is 28.3 Å². The molecule has 0 saturated carbocycles. The number of aryl methyl sites for hydroxylation is 1. The normalized spacial score (nSPS) is 11.1. The third kappa shape index (κ3) is 4.07. The van der Waals surface area contributed by atoms with Crippen molar-refractivity contribution >= 4 is 10.8 Å². The molecule has 4 aromatic rings. The van der Waals surface area contributed by atoms with E-state index in [0.29, 0.717) is 17.5 Å². The Labute approximate surface area is 187 Å². The highest BCUT2D eigenvalue weighted by molar-refractivity contribution is 5.91. The summed E-state index contributed by atoms with van der Waals surface area (Å²) in [6.45, 7) is 2.07. The summed E-state index contributed by atoms with van der Waals surface area (Å²) in [5, 5.41) is 9.87. The van der Waals surface area contributed by atoms with E-state index in [1.165, 1.54) is 12.1 Å². The molecule has 0 unspecified atom stereocenters. The van der Waals surface area contributed by atoms with E-state index in [0.717, 1.165) is 42.3 Å². The van der Waals surface area contributed by atoms with Crippen LogP contribution in [0, 0.1) is 40.4 Å². The smallest absolute Gasteiger partial charge is 0.144 e. The molecule has 0 N–H and O–H groups in total. The molecule has 6 heteroatoms. The number of unbranched alkanes of at least 4 members (excludes halogenated alkanes) is 1. The van der Waals surface area contributed by atoms with Gasteiger partial charge in [0.05, 0.1) is 5.56 Å². The van der Waals surface area contributed by atoms with Crippen molar-refractivity contribution in [2.45, 2.75) is 26.2 Å². The minimum Gasteiger partial charge on any atom is -0.206 e. The molecule has 0 aromatic heterocycles. The molecule has 0 amide bonds. The van der Waals surface area contributed by atoms with E-state index < -0.39 is 45.8 Å². The fraction of sp³-hybridized carbons (Fsp3) is 0.148. The number of benzene rings is 4. The van der Waals surface area contributed by atoms with Crippen molar-refractivity contribution in [3.63, 3.8) is 0 Å². The highest BCUT2D eigenvalue weighted by atomic mass is 19.1. The van der Waals surface area contributed by atoms with E-state index in [2.05, 4.69) is 6.92 Å². The lowest BCUT2D eigenvalue weighted by atomic mass is 9.94. The Bertz CT molecular complexity index is 1370. The molecule has 0 fully saturated rings. The molecule has 33 heavy (non-hydrogen) atoms. The Hall–Kier alpha value is -3.72. The second kappa shape index (κ2) is 9.03. The molecule has 0 atom stereocenters. The van der Waals surface area contributed by atoms with E-state index in [1.54, 1.807) is 18.2 Å². The molecule has 0 aliphatic carbocycles. The summed E-state index contributed by atoms with van der Waals surface area (Å²) in [6.07, 6.45) is 2.74. The van der Waals surface area contributed by atoms with Gasteiger partial charge in [-0.3, -0.25) is 0 Å². The quantitative estimate of drug-likeness (QED) is 0.281. The zero-order valence-corrected chi connectivity index (χ0v) is 17.7. The number of fused-ring (bicyclic) bond motifs is 1. The van der Waals surface area contributed by atoms with Crippen molar-refractivity contribution in [2.24, 2.45) is 0 Å². The molecule has 0 radical (unpaired) electrons. The predicted molar refractivity (Wildman–Crippen MR) is 118 cm³/mol. The lowest BCUT2D eigenvalue weighted by Crippen LogP contribution is -1.98. The van der Waals surface area contributed by atoms with Gasteiger partial charge < -0.3 is 0 Å². The number of rotatable bonds is 5. The highest BCUT2D eigenvalue weighted by Crippen LogP contribution is 2.36. The van der Waals surface area contributed by atoms with Gasteiger partial charge in [0.1, 0.15) is 40.7 Å². The molecule has 0 saturated heterocycles. The zero-order chi connectivity index (χ0) is 23.7. The minimum atomic E-state index is -1.23. The molecule has 0 aliphatic heterocycles. The first-order chi connectivity index (χ1) is 15.8. The van der Waals surface area contributed by atoms with Gasteiger partial charge in [-0.2, -0.15) is 5.26 Å². The van der Waals surface area contributed by atoms with Crippen LogP contribution in [0.5, 0.6) is 0 Å². The third-order valence-electron chi connectivity index (χ3n) is 5.68. The predicted octanol–water partition coefficient (Wildman–Crippen LogP) is 8.08. The van der Waals surface area contributed by atoms with Crippen molar-refractivity contribution in [2.75, 3.05) is 0 Å². The fourth-order valence-corrected chi connectivity index (χ4v) is 4.02. The highest BCUT2D eigenvalue weighted by Gasteiger charge is 2.20. The molecule has 0 aliphatic rings. The number of halogens is 5. The van der Waals surface area contributed by atoms with Gasteiger partial charge in [0.2, 0.25) is 0 Å². The maximum atomic E-state index is 15.4. The summed E-state index contributed by atoms with van der Waals surface area (Å²) < 4.78 is 73.1. The van der Waals surface area contributed by atoms with Gasteiger partial charge >= 0.3 is 0 Å². The molecular formula is C27H18F5N. The molecule has 0 bridgehead atoms. The SMILES string of the molecule is CCCCc1cccc2c(F)c(-c3cc(F)c(-c4cc(F)c(C#N)c(F)c4)c(F)c3)ccc12. The van der Waals surface area contributed by atoms with Crippen molar-refractivity contribution in [1.82, 2.24) is 0 Å². The van der Waals surface area contributed by atoms with Crippen LogP contribution in [0.4, 0.5) is 22.0 Å². The summed E-state index contributed by atoms with van der Waals surface area (Å²) in [4.78, 5) is 0. The van der Waals surface area contributed by atoms with E-state index in [9.17, 15) is 17.6 Å². The second-order valence-electron chi connectivity index (χ2n) is 7.78. The minimum absolute atomic E-state index is 0.0108. The van der Waals surface area contributed by atoms with Crippen LogP contribution < -0.4 is 0 Å². The largest absolute Gasteiger partial charge is 0.206 e.